The van der Waals surface area contributed by atoms with E-state index >= 15 is 0 Å². The number of nitrogen functional groups attached to an aromatic ring is 1. The molecule has 1 aromatic carbocycles. The van der Waals surface area contributed by atoms with Crippen LogP contribution in [0.25, 0.3) is 10.9 Å². The van der Waals surface area contributed by atoms with E-state index in [2.05, 4.69) is 4.98 Å². The predicted molar refractivity (Wildman–Crippen MR) is 67.8 cm³/mol. The topological polar surface area (TPSA) is 62.1 Å². The lowest BCUT2D eigenvalue weighted by molar-refractivity contribution is 0.0787. The SMILES string of the molecule is CN(C(=O)c1c[nH]c2ccc(N)cc12)C1CC1. The number of fused-ring (bicyclic) bond motifs is 1. The smallest absolute Gasteiger partial charge is 0.256 e. The summed E-state index contributed by atoms with van der Waals surface area (Å²) in [5.74, 6) is 0.0735. The maximum Gasteiger partial charge on any atom is 0.256 e. The van der Waals surface area contributed by atoms with Crippen molar-refractivity contribution >= 4 is 22.5 Å². The molecule has 0 atom stereocenters. The number of H-pyrrole nitrogens is 1. The number of hydrogen-bond donors (Lipinski definition) is 2. The molecule has 1 saturated carbocycles. The highest BCUT2D eigenvalue weighted by molar-refractivity contribution is 6.07. The van der Waals surface area contributed by atoms with Crippen LogP contribution in [0.2, 0.25) is 0 Å². The summed E-state index contributed by atoms with van der Waals surface area (Å²) >= 11 is 0. The van der Waals surface area contributed by atoms with Gasteiger partial charge in [0.25, 0.3) is 5.91 Å². The number of hydrogen-bond acceptors (Lipinski definition) is 2. The lowest BCUT2D eigenvalue weighted by atomic mass is 10.1. The zero-order valence-corrected chi connectivity index (χ0v) is 9.73. The Hall–Kier alpha value is -1.97. The van der Waals surface area contributed by atoms with Crippen LogP contribution in [-0.4, -0.2) is 28.9 Å². The summed E-state index contributed by atoms with van der Waals surface area (Å²) in [7, 11) is 1.87. The van der Waals surface area contributed by atoms with Crippen LogP contribution in [0.15, 0.2) is 24.4 Å². The molecule has 17 heavy (non-hydrogen) atoms. The van der Waals surface area contributed by atoms with Gasteiger partial charge in [-0.25, -0.2) is 0 Å². The summed E-state index contributed by atoms with van der Waals surface area (Å²) in [6.45, 7) is 0. The van der Waals surface area contributed by atoms with E-state index in [1.807, 2.05) is 30.1 Å². The lowest BCUT2D eigenvalue weighted by Crippen LogP contribution is -2.28. The van der Waals surface area contributed by atoms with Gasteiger partial charge in [-0.2, -0.15) is 0 Å². The summed E-state index contributed by atoms with van der Waals surface area (Å²) in [5, 5.41) is 0.905. The first-order chi connectivity index (χ1) is 8.16. The number of nitrogens with one attached hydrogen (secondary N) is 1. The van der Waals surface area contributed by atoms with Crippen LogP contribution in [0.5, 0.6) is 0 Å². The maximum absolute atomic E-state index is 12.3. The van der Waals surface area contributed by atoms with E-state index in [1.54, 1.807) is 6.20 Å². The molecule has 0 radical (unpaired) electrons. The minimum absolute atomic E-state index is 0.0735. The molecule has 1 aliphatic carbocycles. The van der Waals surface area contributed by atoms with E-state index in [4.69, 9.17) is 5.73 Å². The summed E-state index contributed by atoms with van der Waals surface area (Å²) in [6, 6.07) is 6.00. The minimum Gasteiger partial charge on any atom is -0.399 e. The number of amides is 1. The first-order valence-electron chi connectivity index (χ1n) is 5.80. The van der Waals surface area contributed by atoms with Crippen LogP contribution in [0.3, 0.4) is 0 Å². The molecule has 0 bridgehead atoms. The molecular weight excluding hydrogens is 214 g/mol. The van der Waals surface area contributed by atoms with E-state index in [1.165, 1.54) is 0 Å². The number of anilines is 1. The molecule has 1 aliphatic rings. The van der Waals surface area contributed by atoms with Crippen molar-refractivity contribution in [3.05, 3.63) is 30.0 Å². The second-order valence-corrected chi connectivity index (χ2v) is 4.65. The van der Waals surface area contributed by atoms with Crippen molar-refractivity contribution in [2.45, 2.75) is 18.9 Å². The Morgan fingerprint density at radius 2 is 2.24 bits per heavy atom. The Morgan fingerprint density at radius 3 is 2.94 bits per heavy atom. The summed E-state index contributed by atoms with van der Waals surface area (Å²) in [4.78, 5) is 17.2. The van der Waals surface area contributed by atoms with Gasteiger partial charge in [0.05, 0.1) is 5.56 Å². The van der Waals surface area contributed by atoms with Gasteiger partial charge in [0.1, 0.15) is 0 Å². The van der Waals surface area contributed by atoms with Gasteiger partial charge < -0.3 is 15.6 Å². The molecule has 3 rings (SSSR count). The van der Waals surface area contributed by atoms with Crippen LogP contribution in [-0.2, 0) is 0 Å². The van der Waals surface area contributed by atoms with Crippen molar-refractivity contribution in [3.63, 3.8) is 0 Å². The lowest BCUT2D eigenvalue weighted by Gasteiger charge is -2.15. The maximum atomic E-state index is 12.3. The fourth-order valence-corrected chi connectivity index (χ4v) is 2.13. The van der Waals surface area contributed by atoms with E-state index in [9.17, 15) is 4.79 Å². The summed E-state index contributed by atoms with van der Waals surface area (Å²) in [5.41, 5.74) is 8.10. The molecule has 1 aromatic heterocycles. The zero-order chi connectivity index (χ0) is 12.0. The van der Waals surface area contributed by atoms with Gasteiger partial charge >= 0.3 is 0 Å². The van der Waals surface area contributed by atoms with Gasteiger partial charge in [0.15, 0.2) is 0 Å². The number of rotatable bonds is 2. The normalized spacial score (nSPS) is 15.1. The molecule has 2 aromatic rings. The highest BCUT2D eigenvalue weighted by Crippen LogP contribution is 2.29. The third kappa shape index (κ3) is 1.65. The number of benzene rings is 1. The molecule has 3 N–H and O–H groups in total. The largest absolute Gasteiger partial charge is 0.399 e. The van der Waals surface area contributed by atoms with Crippen LogP contribution in [0.4, 0.5) is 5.69 Å². The number of aromatic nitrogens is 1. The fraction of sp³-hybridized carbons (Fsp3) is 0.308. The highest BCUT2D eigenvalue weighted by Gasteiger charge is 2.30. The minimum atomic E-state index is 0.0735. The number of carbonyl (C=O) groups is 1. The average Bonchev–Trinajstić information content (AvgIpc) is 3.08. The molecule has 0 aliphatic heterocycles. The third-order valence-electron chi connectivity index (χ3n) is 3.35. The number of carbonyl (C=O) groups excluding carboxylic acids is 1. The number of aromatic amines is 1. The van der Waals surface area contributed by atoms with E-state index in [-0.39, 0.29) is 5.91 Å². The van der Waals surface area contributed by atoms with Crippen LogP contribution < -0.4 is 5.73 Å². The van der Waals surface area contributed by atoms with Crippen molar-refractivity contribution in [1.82, 2.24) is 9.88 Å². The summed E-state index contributed by atoms with van der Waals surface area (Å²) in [6.07, 6.45) is 4.00. The van der Waals surface area contributed by atoms with Gasteiger partial charge in [-0.3, -0.25) is 4.79 Å². The molecule has 1 heterocycles. The Morgan fingerprint density at radius 1 is 1.47 bits per heavy atom. The van der Waals surface area contributed by atoms with Crippen molar-refractivity contribution in [3.8, 4) is 0 Å². The number of nitrogens with two attached hydrogens (primary N) is 1. The first kappa shape index (κ1) is 10.2. The van der Waals surface area contributed by atoms with Crippen molar-refractivity contribution < 1.29 is 4.79 Å². The predicted octanol–water partition coefficient (Wildman–Crippen LogP) is 1.98. The quantitative estimate of drug-likeness (QED) is 0.773. The molecule has 0 unspecified atom stereocenters. The monoisotopic (exact) mass is 229 g/mol. The Balaban J connectivity index is 2.04. The molecular formula is C13H15N3O. The van der Waals surface area contributed by atoms with Crippen LogP contribution in [0, 0.1) is 0 Å². The third-order valence-corrected chi connectivity index (χ3v) is 3.35. The number of nitrogens with zero attached hydrogens (tertiary/aromatic N) is 1. The second kappa shape index (κ2) is 3.52. The molecule has 1 fully saturated rings. The standard InChI is InChI=1S/C13H15N3O/c1-16(9-3-4-9)13(17)11-7-15-12-5-2-8(14)6-10(11)12/h2,5-7,9,15H,3-4,14H2,1H3. The molecule has 4 nitrogen and oxygen atoms in total. The second-order valence-electron chi connectivity index (χ2n) is 4.65. The van der Waals surface area contributed by atoms with Crippen molar-refractivity contribution in [2.24, 2.45) is 0 Å². The molecule has 4 heteroatoms. The average molecular weight is 229 g/mol. The van der Waals surface area contributed by atoms with Gasteiger partial charge in [-0.05, 0) is 31.0 Å². The Bertz CT molecular complexity index is 583. The van der Waals surface area contributed by atoms with Gasteiger partial charge in [0, 0.05) is 35.9 Å². The van der Waals surface area contributed by atoms with E-state index in [0.717, 1.165) is 23.7 Å². The fourth-order valence-electron chi connectivity index (χ4n) is 2.13. The molecule has 0 spiro atoms. The van der Waals surface area contributed by atoms with Crippen molar-refractivity contribution in [2.75, 3.05) is 12.8 Å². The Kier molecular flexibility index (Phi) is 2.11. The van der Waals surface area contributed by atoms with Gasteiger partial charge in [0.2, 0.25) is 0 Å². The first-order valence-corrected chi connectivity index (χ1v) is 5.80. The molecule has 88 valence electrons. The van der Waals surface area contributed by atoms with E-state index < -0.39 is 0 Å². The molecule has 1 amide bonds. The van der Waals surface area contributed by atoms with Crippen molar-refractivity contribution in [1.29, 1.82) is 0 Å². The van der Waals surface area contributed by atoms with Crippen LogP contribution in [0.1, 0.15) is 23.2 Å². The van der Waals surface area contributed by atoms with Gasteiger partial charge in [-0.15, -0.1) is 0 Å². The van der Waals surface area contributed by atoms with Crippen LogP contribution >= 0.6 is 0 Å². The Labute approximate surface area is 99.4 Å². The summed E-state index contributed by atoms with van der Waals surface area (Å²) < 4.78 is 0. The highest BCUT2D eigenvalue weighted by atomic mass is 16.2. The van der Waals surface area contributed by atoms with Gasteiger partial charge in [-0.1, -0.05) is 0 Å². The molecule has 0 saturated heterocycles. The van der Waals surface area contributed by atoms with E-state index in [0.29, 0.717) is 17.3 Å². The zero-order valence-electron chi connectivity index (χ0n) is 9.73.